The lowest BCUT2D eigenvalue weighted by atomic mass is 10.0. The maximum absolute atomic E-state index is 12.0. The molecule has 110 valence electrons. The van der Waals surface area contributed by atoms with E-state index in [2.05, 4.69) is 4.98 Å². The number of aromatic amines is 1. The fourth-order valence-corrected chi connectivity index (χ4v) is 2.08. The summed E-state index contributed by atoms with van der Waals surface area (Å²) in [5.74, 6) is 0.298. The van der Waals surface area contributed by atoms with Gasteiger partial charge in [0, 0.05) is 17.7 Å². The first-order valence-corrected chi connectivity index (χ1v) is 6.49. The van der Waals surface area contributed by atoms with Gasteiger partial charge in [-0.2, -0.15) is 0 Å². The zero-order valence-corrected chi connectivity index (χ0v) is 12.2. The summed E-state index contributed by atoms with van der Waals surface area (Å²) in [4.78, 5) is 26.4. The van der Waals surface area contributed by atoms with Crippen molar-refractivity contribution >= 4 is 5.97 Å². The van der Waals surface area contributed by atoms with Gasteiger partial charge in [-0.25, -0.2) is 4.79 Å². The number of aryl methyl sites for hydroxylation is 1. The Balaban J connectivity index is 2.34. The maximum Gasteiger partial charge on any atom is 0.339 e. The Morgan fingerprint density at radius 3 is 2.43 bits per heavy atom. The second-order valence-electron chi connectivity index (χ2n) is 4.68. The number of benzene rings is 1. The van der Waals surface area contributed by atoms with Crippen molar-refractivity contribution in [2.24, 2.45) is 0 Å². The molecule has 0 unspecified atom stereocenters. The van der Waals surface area contributed by atoms with E-state index < -0.39 is 5.97 Å². The van der Waals surface area contributed by atoms with Gasteiger partial charge < -0.3 is 14.5 Å². The predicted octanol–water partition coefficient (Wildman–Crippen LogP) is 2.07. The van der Waals surface area contributed by atoms with E-state index in [9.17, 15) is 9.59 Å². The van der Waals surface area contributed by atoms with Crippen molar-refractivity contribution in [2.75, 3.05) is 14.2 Å². The number of methoxy groups -OCH3 is 2. The summed E-state index contributed by atoms with van der Waals surface area (Å²) in [6, 6.07) is 9.02. The van der Waals surface area contributed by atoms with E-state index in [-0.39, 0.29) is 5.56 Å². The molecular weight excluding hydrogens is 270 g/mol. The van der Waals surface area contributed by atoms with Crippen LogP contribution in [0.25, 0.3) is 0 Å². The molecule has 0 bridgehead atoms. The van der Waals surface area contributed by atoms with Crippen molar-refractivity contribution in [1.29, 1.82) is 0 Å². The standard InChI is InChI=1S/C16H17NO4/c1-10-14(16(19)21-3)9-12(15(18)17-10)8-11-4-6-13(20-2)7-5-11/h4-7,9H,8H2,1-3H3,(H,17,18). The molecule has 0 aliphatic rings. The molecule has 5 nitrogen and oxygen atoms in total. The molecule has 5 heteroatoms. The van der Waals surface area contributed by atoms with Crippen molar-refractivity contribution in [1.82, 2.24) is 4.98 Å². The lowest BCUT2D eigenvalue weighted by Gasteiger charge is -2.07. The predicted molar refractivity (Wildman–Crippen MR) is 78.9 cm³/mol. The third-order valence-electron chi connectivity index (χ3n) is 3.27. The van der Waals surface area contributed by atoms with Crippen LogP contribution in [-0.4, -0.2) is 25.2 Å². The molecular formula is C16H17NO4. The Morgan fingerprint density at radius 2 is 1.86 bits per heavy atom. The van der Waals surface area contributed by atoms with Crippen molar-refractivity contribution < 1.29 is 14.3 Å². The summed E-state index contributed by atoms with van der Waals surface area (Å²) in [5.41, 5.74) is 2.16. The van der Waals surface area contributed by atoms with E-state index in [4.69, 9.17) is 9.47 Å². The van der Waals surface area contributed by atoms with Gasteiger partial charge in [0.15, 0.2) is 0 Å². The summed E-state index contributed by atoms with van der Waals surface area (Å²) >= 11 is 0. The van der Waals surface area contributed by atoms with Crippen molar-refractivity contribution in [3.8, 4) is 5.75 Å². The van der Waals surface area contributed by atoms with Gasteiger partial charge >= 0.3 is 5.97 Å². The second kappa shape index (κ2) is 6.26. The topological polar surface area (TPSA) is 68.4 Å². The molecule has 0 aliphatic heterocycles. The van der Waals surface area contributed by atoms with Crippen molar-refractivity contribution in [2.45, 2.75) is 13.3 Å². The molecule has 0 radical (unpaired) electrons. The Bertz CT molecular complexity index is 701. The molecule has 0 saturated heterocycles. The number of nitrogens with one attached hydrogen (secondary N) is 1. The Hall–Kier alpha value is -2.56. The van der Waals surface area contributed by atoms with E-state index in [1.54, 1.807) is 20.1 Å². The minimum Gasteiger partial charge on any atom is -0.497 e. The van der Waals surface area contributed by atoms with Gasteiger partial charge in [0.2, 0.25) is 0 Å². The Kier molecular flexibility index (Phi) is 4.42. The lowest BCUT2D eigenvalue weighted by Crippen LogP contribution is -2.18. The second-order valence-corrected chi connectivity index (χ2v) is 4.68. The molecule has 21 heavy (non-hydrogen) atoms. The van der Waals surface area contributed by atoms with E-state index in [1.165, 1.54) is 7.11 Å². The minimum absolute atomic E-state index is 0.198. The quantitative estimate of drug-likeness (QED) is 0.874. The summed E-state index contributed by atoms with van der Waals surface area (Å²) in [7, 11) is 2.92. The maximum atomic E-state index is 12.0. The number of ether oxygens (including phenoxy) is 2. The number of hydrogen-bond acceptors (Lipinski definition) is 4. The number of carbonyl (C=O) groups is 1. The largest absolute Gasteiger partial charge is 0.497 e. The average molecular weight is 287 g/mol. The fourth-order valence-electron chi connectivity index (χ4n) is 2.08. The summed E-state index contributed by atoms with van der Waals surface area (Å²) in [6.45, 7) is 1.67. The molecule has 1 heterocycles. The smallest absolute Gasteiger partial charge is 0.339 e. The molecule has 1 aromatic carbocycles. The van der Waals surface area contributed by atoms with E-state index >= 15 is 0 Å². The monoisotopic (exact) mass is 287 g/mol. The number of aromatic nitrogens is 1. The Labute approximate surface area is 122 Å². The van der Waals surface area contributed by atoms with Gasteiger partial charge in [0.1, 0.15) is 5.75 Å². The number of hydrogen-bond donors (Lipinski definition) is 1. The van der Waals surface area contributed by atoms with E-state index in [0.717, 1.165) is 11.3 Å². The molecule has 0 fully saturated rings. The normalized spacial score (nSPS) is 10.2. The number of pyridine rings is 1. The highest BCUT2D eigenvalue weighted by Gasteiger charge is 2.13. The lowest BCUT2D eigenvalue weighted by molar-refractivity contribution is 0.0599. The molecule has 0 atom stereocenters. The van der Waals surface area contributed by atoms with Crippen LogP contribution in [0.5, 0.6) is 5.75 Å². The molecule has 2 rings (SSSR count). The first kappa shape index (κ1) is 14.8. The highest BCUT2D eigenvalue weighted by molar-refractivity contribution is 5.90. The summed E-state index contributed by atoms with van der Waals surface area (Å²) in [5, 5.41) is 0. The van der Waals surface area contributed by atoms with E-state index in [0.29, 0.717) is 23.2 Å². The average Bonchev–Trinajstić information content (AvgIpc) is 2.50. The van der Waals surface area contributed by atoms with Crippen LogP contribution in [0.2, 0.25) is 0 Å². The van der Waals surface area contributed by atoms with Gasteiger partial charge in [0.25, 0.3) is 5.56 Å². The molecule has 2 aromatic rings. The number of rotatable bonds is 4. The molecule has 0 amide bonds. The van der Waals surface area contributed by atoms with Crippen molar-refractivity contribution in [3.63, 3.8) is 0 Å². The zero-order valence-electron chi connectivity index (χ0n) is 12.2. The number of esters is 1. The van der Waals surface area contributed by atoms with Crippen LogP contribution >= 0.6 is 0 Å². The SMILES string of the molecule is COC(=O)c1cc(Cc2ccc(OC)cc2)c(=O)[nH]c1C. The van der Waals surface area contributed by atoms with Crippen molar-refractivity contribution in [3.05, 3.63) is 63.1 Å². The van der Waals surface area contributed by atoms with Crippen LogP contribution in [0.1, 0.15) is 27.2 Å². The third-order valence-corrected chi connectivity index (χ3v) is 3.27. The Morgan fingerprint density at radius 1 is 1.19 bits per heavy atom. The molecule has 1 aromatic heterocycles. The first-order chi connectivity index (χ1) is 10.0. The van der Waals surface area contributed by atoms with Gasteiger partial charge in [-0.15, -0.1) is 0 Å². The summed E-state index contributed by atoms with van der Waals surface area (Å²) < 4.78 is 9.81. The van der Waals surface area contributed by atoms with Gasteiger partial charge in [0.05, 0.1) is 19.8 Å². The van der Waals surface area contributed by atoms with Crippen LogP contribution in [0.4, 0.5) is 0 Å². The third kappa shape index (κ3) is 3.31. The fraction of sp³-hybridized carbons (Fsp3) is 0.250. The molecule has 0 aliphatic carbocycles. The van der Waals surface area contributed by atoms with Gasteiger partial charge in [-0.05, 0) is 30.7 Å². The van der Waals surface area contributed by atoms with Crippen LogP contribution in [-0.2, 0) is 11.2 Å². The van der Waals surface area contributed by atoms with Gasteiger partial charge in [-0.3, -0.25) is 4.79 Å². The van der Waals surface area contributed by atoms with E-state index in [1.807, 2.05) is 24.3 Å². The highest BCUT2D eigenvalue weighted by Crippen LogP contribution is 2.15. The molecule has 1 N–H and O–H groups in total. The number of H-pyrrole nitrogens is 1. The van der Waals surface area contributed by atoms with Gasteiger partial charge in [-0.1, -0.05) is 12.1 Å². The molecule has 0 saturated carbocycles. The zero-order chi connectivity index (χ0) is 15.4. The number of carbonyl (C=O) groups excluding carboxylic acids is 1. The van der Waals surface area contributed by atoms with Crippen LogP contribution < -0.4 is 10.3 Å². The summed E-state index contributed by atoms with van der Waals surface area (Å²) in [6.07, 6.45) is 0.434. The first-order valence-electron chi connectivity index (χ1n) is 6.49. The van der Waals surface area contributed by atoms with Crippen LogP contribution in [0, 0.1) is 6.92 Å². The van der Waals surface area contributed by atoms with Crippen LogP contribution in [0.3, 0.4) is 0 Å². The highest BCUT2D eigenvalue weighted by atomic mass is 16.5. The minimum atomic E-state index is -0.459. The molecule has 0 spiro atoms. The van der Waals surface area contributed by atoms with Crippen LogP contribution in [0.15, 0.2) is 35.1 Å².